The van der Waals surface area contributed by atoms with E-state index in [0.29, 0.717) is 24.0 Å². The first kappa shape index (κ1) is 35.3. The van der Waals surface area contributed by atoms with Crippen molar-refractivity contribution < 1.29 is 32.3 Å². The molecular formula is C31H44N6O7S. The number of guanidine groups is 1. The van der Waals surface area contributed by atoms with E-state index in [9.17, 15) is 22.8 Å². The molecule has 0 saturated heterocycles. The predicted molar refractivity (Wildman–Crippen MR) is 170 cm³/mol. The second-order valence-electron chi connectivity index (χ2n) is 11.6. The zero-order chi connectivity index (χ0) is 33.4. The van der Waals surface area contributed by atoms with E-state index < -0.39 is 33.8 Å². The molecule has 0 radical (unpaired) electrons. The normalized spacial score (nSPS) is 14.8. The van der Waals surface area contributed by atoms with Crippen molar-refractivity contribution in [2.75, 3.05) is 19.6 Å². The SMILES string of the molecule is Cc1c(C)c(S(=O)(=O)NC(N)=NCCC[C@@H](N)C(=O)NCC(=O)NCC(=O)OCc2ccccc2)c(C)c2c1OC(C)(C)CC2. The number of carbonyl (C=O) groups is 3. The van der Waals surface area contributed by atoms with Gasteiger partial charge in [0.2, 0.25) is 17.8 Å². The number of ether oxygens (including phenoxy) is 2. The highest BCUT2D eigenvalue weighted by Gasteiger charge is 2.33. The molecule has 13 nitrogen and oxygen atoms in total. The van der Waals surface area contributed by atoms with Crippen LogP contribution < -0.4 is 31.6 Å². The fourth-order valence-electron chi connectivity index (χ4n) is 4.93. The maximum atomic E-state index is 13.3. The Morgan fingerprint density at radius 2 is 1.73 bits per heavy atom. The topological polar surface area (TPSA) is 204 Å². The van der Waals surface area contributed by atoms with E-state index in [1.165, 1.54) is 0 Å². The molecule has 14 heteroatoms. The van der Waals surface area contributed by atoms with E-state index in [-0.39, 0.29) is 49.1 Å². The lowest BCUT2D eigenvalue weighted by Crippen LogP contribution is -2.45. The van der Waals surface area contributed by atoms with Crippen molar-refractivity contribution >= 4 is 33.8 Å². The molecule has 7 N–H and O–H groups in total. The smallest absolute Gasteiger partial charge is 0.325 e. The molecule has 0 aliphatic carbocycles. The molecule has 3 rings (SSSR count). The molecule has 1 aliphatic rings. The van der Waals surface area contributed by atoms with Crippen LogP contribution in [0.3, 0.4) is 0 Å². The molecule has 0 spiro atoms. The average Bonchev–Trinajstić information content (AvgIpc) is 2.98. The van der Waals surface area contributed by atoms with Crippen molar-refractivity contribution in [1.29, 1.82) is 0 Å². The third-order valence-electron chi connectivity index (χ3n) is 7.56. The molecule has 0 bridgehead atoms. The van der Waals surface area contributed by atoms with Gasteiger partial charge in [0.05, 0.1) is 17.5 Å². The number of esters is 1. The Morgan fingerprint density at radius 1 is 1.04 bits per heavy atom. The van der Waals surface area contributed by atoms with Crippen LogP contribution >= 0.6 is 0 Å². The van der Waals surface area contributed by atoms with E-state index in [0.717, 1.165) is 28.9 Å². The summed E-state index contributed by atoms with van der Waals surface area (Å²) in [6, 6.07) is 8.17. The van der Waals surface area contributed by atoms with Crippen molar-refractivity contribution in [2.24, 2.45) is 16.5 Å². The Bertz CT molecular complexity index is 1540. The number of amides is 2. The van der Waals surface area contributed by atoms with Crippen LogP contribution in [0.1, 0.15) is 60.9 Å². The summed E-state index contributed by atoms with van der Waals surface area (Å²) >= 11 is 0. The van der Waals surface area contributed by atoms with E-state index >= 15 is 0 Å². The summed E-state index contributed by atoms with van der Waals surface area (Å²) in [5.74, 6) is -1.29. The van der Waals surface area contributed by atoms with Crippen LogP contribution in [0, 0.1) is 20.8 Å². The van der Waals surface area contributed by atoms with Crippen LogP contribution in [0.2, 0.25) is 0 Å². The summed E-state index contributed by atoms with van der Waals surface area (Å²) in [7, 11) is -4.03. The lowest BCUT2D eigenvalue weighted by Gasteiger charge is -2.35. The number of rotatable bonds is 13. The van der Waals surface area contributed by atoms with Gasteiger partial charge in [0, 0.05) is 6.54 Å². The minimum absolute atomic E-state index is 0.0882. The van der Waals surface area contributed by atoms with Gasteiger partial charge in [0.15, 0.2) is 0 Å². The van der Waals surface area contributed by atoms with Gasteiger partial charge < -0.3 is 31.6 Å². The quantitative estimate of drug-likeness (QED) is 0.0924. The van der Waals surface area contributed by atoms with Gasteiger partial charge in [-0.2, -0.15) is 0 Å². The second kappa shape index (κ2) is 15.2. The van der Waals surface area contributed by atoms with Gasteiger partial charge >= 0.3 is 5.97 Å². The highest BCUT2D eigenvalue weighted by atomic mass is 32.2. The second-order valence-corrected chi connectivity index (χ2v) is 13.3. The number of aliphatic imine (C=N–C) groups is 1. The molecule has 1 atom stereocenters. The Labute approximate surface area is 264 Å². The van der Waals surface area contributed by atoms with E-state index in [4.69, 9.17) is 20.9 Å². The summed E-state index contributed by atoms with van der Waals surface area (Å²) in [4.78, 5) is 40.3. The molecule has 0 fully saturated rings. The molecule has 246 valence electrons. The summed E-state index contributed by atoms with van der Waals surface area (Å²) < 4.78 is 40.3. The average molecular weight is 645 g/mol. The van der Waals surface area contributed by atoms with Gasteiger partial charge in [-0.1, -0.05) is 30.3 Å². The number of nitrogens with two attached hydrogens (primary N) is 2. The molecule has 1 aliphatic heterocycles. The first-order valence-corrected chi connectivity index (χ1v) is 16.2. The number of carbonyl (C=O) groups excluding carboxylic acids is 3. The zero-order valence-electron chi connectivity index (χ0n) is 26.5. The van der Waals surface area contributed by atoms with Gasteiger partial charge in [-0.05, 0) is 88.1 Å². The lowest BCUT2D eigenvalue weighted by atomic mass is 9.88. The number of benzene rings is 2. The lowest BCUT2D eigenvalue weighted by molar-refractivity contribution is -0.145. The van der Waals surface area contributed by atoms with Crippen LogP contribution in [0.5, 0.6) is 5.75 Å². The van der Waals surface area contributed by atoms with Gasteiger partial charge in [-0.25, -0.2) is 13.1 Å². The number of sulfonamides is 1. The highest BCUT2D eigenvalue weighted by molar-refractivity contribution is 7.90. The Kier molecular flexibility index (Phi) is 11.9. The largest absolute Gasteiger partial charge is 0.487 e. The van der Waals surface area contributed by atoms with Crippen LogP contribution in [0.15, 0.2) is 40.2 Å². The Balaban J connectivity index is 1.42. The number of hydrogen-bond donors (Lipinski definition) is 5. The summed E-state index contributed by atoms with van der Waals surface area (Å²) in [6.45, 7) is 8.89. The van der Waals surface area contributed by atoms with E-state index in [1.54, 1.807) is 13.8 Å². The zero-order valence-corrected chi connectivity index (χ0v) is 27.3. The number of fused-ring (bicyclic) bond motifs is 1. The third kappa shape index (κ3) is 9.91. The van der Waals surface area contributed by atoms with Crippen LogP contribution in [-0.2, 0) is 42.2 Å². The van der Waals surface area contributed by atoms with Crippen LogP contribution in [-0.4, -0.2) is 63.4 Å². The van der Waals surface area contributed by atoms with Gasteiger partial charge in [-0.3, -0.25) is 19.4 Å². The summed E-state index contributed by atoms with van der Waals surface area (Å²) in [6.07, 6.45) is 2.00. The van der Waals surface area contributed by atoms with Crippen molar-refractivity contribution in [1.82, 2.24) is 15.4 Å². The number of nitrogens with one attached hydrogen (secondary N) is 3. The molecule has 0 unspecified atom stereocenters. The van der Waals surface area contributed by atoms with Crippen LogP contribution in [0.4, 0.5) is 0 Å². The summed E-state index contributed by atoms with van der Waals surface area (Å²) in [5, 5.41) is 4.79. The maximum absolute atomic E-state index is 13.3. The minimum Gasteiger partial charge on any atom is -0.487 e. The van der Waals surface area contributed by atoms with Gasteiger partial charge in [-0.15, -0.1) is 0 Å². The van der Waals surface area contributed by atoms with Crippen molar-refractivity contribution in [3.8, 4) is 5.75 Å². The molecule has 45 heavy (non-hydrogen) atoms. The maximum Gasteiger partial charge on any atom is 0.325 e. The van der Waals surface area contributed by atoms with E-state index in [1.807, 2.05) is 51.1 Å². The fourth-order valence-corrected chi connectivity index (χ4v) is 6.46. The molecule has 0 saturated carbocycles. The molecule has 2 amide bonds. The van der Waals surface area contributed by atoms with Gasteiger partial charge in [0.1, 0.15) is 24.5 Å². The molecule has 1 heterocycles. The third-order valence-corrected chi connectivity index (χ3v) is 9.19. The van der Waals surface area contributed by atoms with Crippen molar-refractivity contribution in [3.05, 3.63) is 58.1 Å². The molecule has 0 aromatic heterocycles. The van der Waals surface area contributed by atoms with Crippen molar-refractivity contribution in [3.63, 3.8) is 0 Å². The minimum atomic E-state index is -4.03. The van der Waals surface area contributed by atoms with Crippen LogP contribution in [0.25, 0.3) is 0 Å². The monoisotopic (exact) mass is 644 g/mol. The first-order chi connectivity index (χ1) is 21.1. The van der Waals surface area contributed by atoms with Gasteiger partial charge in [0.25, 0.3) is 10.0 Å². The number of hydrogen-bond acceptors (Lipinski definition) is 9. The number of nitrogens with zero attached hydrogens (tertiary/aromatic N) is 1. The highest BCUT2D eigenvalue weighted by Crippen LogP contribution is 2.42. The standard InChI is InChI=1S/C31H44N6O7S/c1-19-20(2)28(21(3)23-13-14-31(4,5)44-27(19)23)45(41,42)37-30(33)34-15-9-12-24(32)29(40)36-16-25(38)35-17-26(39)43-18-22-10-7-6-8-11-22/h6-8,10-11,24H,9,12-18,32H2,1-5H3,(H,35,38)(H,36,40)(H3,33,34,37)/t24-/m1/s1. The Hall–Kier alpha value is -4.17. The van der Waals surface area contributed by atoms with E-state index in [2.05, 4.69) is 20.3 Å². The fraction of sp³-hybridized carbons (Fsp3) is 0.484. The Morgan fingerprint density at radius 3 is 2.42 bits per heavy atom. The predicted octanol–water partition coefficient (Wildman–Crippen LogP) is 1.39. The first-order valence-electron chi connectivity index (χ1n) is 14.7. The molecule has 2 aromatic rings. The van der Waals surface area contributed by atoms with Crippen molar-refractivity contribution in [2.45, 2.75) is 83.4 Å². The molecular weight excluding hydrogens is 600 g/mol. The molecule has 2 aromatic carbocycles. The summed E-state index contributed by atoms with van der Waals surface area (Å²) in [5.41, 5.74) is 15.2.